The number of anilines is 1. The van der Waals surface area contributed by atoms with Crippen LogP contribution in [0.15, 0.2) is 53.5 Å². The number of unbranched alkanes of at least 4 members (excludes halogenated alkanes) is 1. The molecule has 0 saturated heterocycles. The van der Waals surface area contributed by atoms with Crippen LogP contribution >= 0.6 is 0 Å². The van der Waals surface area contributed by atoms with Gasteiger partial charge in [0.15, 0.2) is 0 Å². The maximum atomic E-state index is 11.7. The average Bonchev–Trinajstić information content (AvgIpc) is 3.16. The second-order valence-electron chi connectivity index (χ2n) is 7.46. The maximum Gasteiger partial charge on any atom is 0.303 e. The Balaban J connectivity index is 0.000000374. The van der Waals surface area contributed by atoms with Crippen LogP contribution < -0.4 is 22.3 Å². The normalized spacial score (nSPS) is 13.4. The summed E-state index contributed by atoms with van der Waals surface area (Å²) < 4.78 is 0. The van der Waals surface area contributed by atoms with Gasteiger partial charge in [-0.15, -0.1) is 0 Å². The van der Waals surface area contributed by atoms with Crippen molar-refractivity contribution in [2.75, 3.05) is 11.9 Å². The van der Waals surface area contributed by atoms with E-state index in [0.29, 0.717) is 36.3 Å². The van der Waals surface area contributed by atoms with Crippen LogP contribution in [0.4, 0.5) is 11.4 Å². The number of amides is 2. The van der Waals surface area contributed by atoms with Crippen LogP contribution in [-0.4, -0.2) is 40.3 Å². The molecule has 1 heterocycles. The summed E-state index contributed by atoms with van der Waals surface area (Å²) in [7, 11) is 0. The fraction of sp³-hybridized carbons (Fsp3) is 0.304. The number of aliphatic hydroxyl groups excluding tert-OH is 1. The Hall–Kier alpha value is -2.54. The van der Waals surface area contributed by atoms with Crippen LogP contribution in [0.3, 0.4) is 0 Å². The smallest absolute Gasteiger partial charge is 0.303 e. The zero-order chi connectivity index (χ0) is 24.9. The third-order valence-corrected chi connectivity index (χ3v) is 4.88. The van der Waals surface area contributed by atoms with E-state index in [1.165, 1.54) is 0 Å². The van der Waals surface area contributed by atoms with Crippen LogP contribution in [0.1, 0.15) is 42.9 Å². The number of para-hydroxylation sites is 1. The van der Waals surface area contributed by atoms with Crippen molar-refractivity contribution >= 4 is 34.9 Å². The van der Waals surface area contributed by atoms with Crippen LogP contribution in [0.2, 0.25) is 0 Å². The van der Waals surface area contributed by atoms with E-state index in [1.54, 1.807) is 36.4 Å². The van der Waals surface area contributed by atoms with Crippen LogP contribution in [0, 0.1) is 0 Å². The van der Waals surface area contributed by atoms with E-state index in [4.69, 9.17) is 16.7 Å². The largest absolute Gasteiger partial charge is 0.536 e. The number of primary amides is 1. The molecule has 185 valence electrons. The Bertz CT molecular complexity index is 1020. The first-order chi connectivity index (χ1) is 16.3. The molecule has 0 saturated carbocycles. The number of hydrogen-bond acceptors (Lipinski definition) is 7. The molecule has 1 radical (unpaired) electrons. The maximum absolute atomic E-state index is 11.7. The third kappa shape index (κ3) is 10.7. The molecule has 1 aliphatic rings. The van der Waals surface area contributed by atoms with Gasteiger partial charge in [-0.1, -0.05) is 30.3 Å². The number of carbonyl (C=O) groups excluding carboxylic acids is 2. The molecule has 35 heavy (non-hydrogen) atoms. The van der Waals surface area contributed by atoms with E-state index < -0.39 is 18.0 Å². The predicted molar refractivity (Wildman–Crippen MR) is 128 cm³/mol. The van der Waals surface area contributed by atoms with Crippen LogP contribution in [0.25, 0.3) is 5.53 Å². The standard InChI is InChI=1S/C14H21N4O3.C9H8N2O2.Y/c15-18-16-10-2-1-3-13(19)17-12-7-4-11(5-8-12)6-9-14(20)21;10-9(13)7-8(12)5-3-1-2-4-6(5)11-7;/h4-5,7-8,16H,1-3,6,9-10,15H2,(H,17,19)(H,20,21);1-4,8,12H,(H2,10,13);/q-1;;. The Labute approximate surface area is 228 Å². The summed E-state index contributed by atoms with van der Waals surface area (Å²) in [6, 6.07) is 14.2. The minimum Gasteiger partial charge on any atom is -0.536 e. The van der Waals surface area contributed by atoms with Gasteiger partial charge < -0.3 is 38.1 Å². The number of nitrogens with one attached hydrogen (secondary N) is 2. The second kappa shape index (κ2) is 16.2. The van der Waals surface area contributed by atoms with Gasteiger partial charge in [-0.2, -0.15) is 0 Å². The number of nitrogens with two attached hydrogens (primary N) is 2. The number of aliphatic imine (C=N–C) groups is 1. The first-order valence-corrected chi connectivity index (χ1v) is 10.7. The van der Waals surface area contributed by atoms with Crippen molar-refractivity contribution in [2.45, 2.75) is 38.2 Å². The van der Waals surface area contributed by atoms with E-state index in [-0.39, 0.29) is 50.7 Å². The number of aliphatic carboxylic acids is 1. The molecular weight excluding hydrogens is 529 g/mol. The third-order valence-electron chi connectivity index (χ3n) is 4.88. The van der Waals surface area contributed by atoms with Crippen molar-refractivity contribution in [3.05, 3.63) is 65.2 Å². The summed E-state index contributed by atoms with van der Waals surface area (Å²) in [6.45, 7) is 0.655. The summed E-state index contributed by atoms with van der Waals surface area (Å²) in [6.07, 6.45) is 1.64. The molecule has 0 aliphatic carbocycles. The van der Waals surface area contributed by atoms with Crippen molar-refractivity contribution in [3.8, 4) is 0 Å². The van der Waals surface area contributed by atoms with Gasteiger partial charge in [-0.25, -0.2) is 4.99 Å². The van der Waals surface area contributed by atoms with Crippen molar-refractivity contribution in [3.63, 3.8) is 0 Å². The monoisotopic (exact) mass is 558 g/mol. The number of nitrogens with zero attached hydrogens (tertiary/aromatic N) is 2. The molecule has 0 aromatic heterocycles. The number of fused-ring (bicyclic) bond motifs is 1. The molecule has 0 fully saturated rings. The van der Waals surface area contributed by atoms with Gasteiger partial charge in [0.05, 0.1) is 5.69 Å². The van der Waals surface area contributed by atoms with E-state index in [2.05, 4.69) is 21.3 Å². The number of aliphatic hydroxyl groups is 1. The number of carbonyl (C=O) groups is 3. The fourth-order valence-electron chi connectivity index (χ4n) is 3.13. The first kappa shape index (κ1) is 30.5. The van der Waals surface area contributed by atoms with Gasteiger partial charge in [-0.05, 0) is 49.6 Å². The van der Waals surface area contributed by atoms with E-state index in [0.717, 1.165) is 18.4 Å². The first-order valence-electron chi connectivity index (χ1n) is 10.7. The Morgan fingerprint density at radius 3 is 2.31 bits per heavy atom. The van der Waals surface area contributed by atoms with E-state index >= 15 is 0 Å². The molecule has 2 aromatic rings. The van der Waals surface area contributed by atoms with E-state index in [9.17, 15) is 19.5 Å². The van der Waals surface area contributed by atoms with Gasteiger partial charge in [-0.3, -0.25) is 14.4 Å². The van der Waals surface area contributed by atoms with Crippen LogP contribution in [-0.2, 0) is 53.5 Å². The Kier molecular flexibility index (Phi) is 14.1. The van der Waals surface area contributed by atoms with Crippen molar-refractivity contribution in [2.24, 2.45) is 16.6 Å². The van der Waals surface area contributed by atoms with Crippen LogP contribution in [0.5, 0.6) is 0 Å². The van der Waals surface area contributed by atoms with Gasteiger partial charge in [0, 0.05) is 56.8 Å². The molecule has 0 bridgehead atoms. The molecular formula is C23H29N6O5Y-. The molecule has 2 amide bonds. The molecule has 2 aromatic carbocycles. The molecule has 0 spiro atoms. The summed E-state index contributed by atoms with van der Waals surface area (Å²) in [5.41, 5.74) is 13.9. The molecule has 3 rings (SSSR count). The number of carboxylic acids is 1. The topological polar surface area (TPSA) is 194 Å². The van der Waals surface area contributed by atoms with Gasteiger partial charge in [0.1, 0.15) is 11.8 Å². The zero-order valence-electron chi connectivity index (χ0n) is 19.2. The average molecular weight is 558 g/mol. The number of carboxylic acid groups (broad SMARTS) is 1. The summed E-state index contributed by atoms with van der Waals surface area (Å²) in [4.78, 5) is 36.9. The number of rotatable bonds is 11. The van der Waals surface area contributed by atoms with Gasteiger partial charge in [0.25, 0.3) is 5.91 Å². The fourth-order valence-corrected chi connectivity index (χ4v) is 3.13. The van der Waals surface area contributed by atoms with Crippen molar-refractivity contribution in [1.82, 2.24) is 5.43 Å². The SMILES string of the molecule is NC(=O)C1=Nc2ccccc2C1O.N[N-]NCCCCC(=O)Nc1ccc(CCC(=O)O)cc1.[Y]. The molecule has 1 atom stereocenters. The molecule has 12 heteroatoms. The molecule has 11 nitrogen and oxygen atoms in total. The van der Waals surface area contributed by atoms with E-state index in [1.807, 2.05) is 12.1 Å². The number of hydrogen-bond donors (Lipinski definition) is 6. The van der Waals surface area contributed by atoms with Crippen molar-refractivity contribution < 1.29 is 57.3 Å². The minimum absolute atomic E-state index is 0. The van der Waals surface area contributed by atoms with Gasteiger partial charge >= 0.3 is 5.97 Å². The molecule has 1 unspecified atom stereocenters. The summed E-state index contributed by atoms with van der Waals surface area (Å²) in [5, 5.41) is 21.0. The Morgan fingerprint density at radius 1 is 1.03 bits per heavy atom. The minimum atomic E-state index is -0.964. The van der Waals surface area contributed by atoms with Crippen molar-refractivity contribution in [1.29, 1.82) is 0 Å². The zero-order valence-corrected chi connectivity index (χ0v) is 22.0. The molecule has 8 N–H and O–H groups in total. The predicted octanol–water partition coefficient (Wildman–Crippen LogP) is 1.85. The summed E-state index contributed by atoms with van der Waals surface area (Å²) in [5.74, 6) is 3.39. The Morgan fingerprint density at radius 2 is 1.71 bits per heavy atom. The molecule has 1 aliphatic heterocycles. The quantitative estimate of drug-likeness (QED) is 0.138. The summed E-state index contributed by atoms with van der Waals surface area (Å²) >= 11 is 0. The van der Waals surface area contributed by atoms with Gasteiger partial charge in [0.2, 0.25) is 5.91 Å². The number of aryl methyl sites for hydroxylation is 1. The second-order valence-corrected chi connectivity index (χ2v) is 7.46. The number of benzene rings is 2.